The molecule has 0 aromatic rings. The Balaban J connectivity index is 2.54. The van der Waals surface area contributed by atoms with Crippen molar-refractivity contribution >= 4 is 34.4 Å². The Morgan fingerprint density at radius 1 is 0.750 bits per heavy atom. The predicted octanol–water partition coefficient (Wildman–Crippen LogP) is 5.69. The van der Waals surface area contributed by atoms with Gasteiger partial charge < -0.3 is 9.80 Å². The third kappa shape index (κ3) is 6.95. The summed E-state index contributed by atoms with van der Waals surface area (Å²) in [6.07, 6.45) is 10.3. The maximum Gasteiger partial charge on any atom is 0.136 e. The zero-order valence-electron chi connectivity index (χ0n) is 16.4. The van der Waals surface area contributed by atoms with Crippen molar-refractivity contribution in [1.29, 1.82) is 0 Å². The van der Waals surface area contributed by atoms with Gasteiger partial charge in [0.1, 0.15) is 9.98 Å². The standard InChI is InChI=1S/C20H38N2S2/c1-5-9-11-17(7-3)15-21-13-14-22(20(24)19(21)23)16-18(8-4)12-10-6-2/h17-18H,5-16H2,1-4H3. The summed E-state index contributed by atoms with van der Waals surface area (Å²) in [7, 11) is 0. The van der Waals surface area contributed by atoms with Crippen LogP contribution in [0.2, 0.25) is 0 Å². The highest BCUT2D eigenvalue weighted by Crippen LogP contribution is 2.20. The molecule has 0 radical (unpaired) electrons. The first-order valence-electron chi connectivity index (χ1n) is 10.1. The van der Waals surface area contributed by atoms with E-state index in [9.17, 15) is 0 Å². The van der Waals surface area contributed by atoms with Crippen molar-refractivity contribution in [3.05, 3.63) is 0 Å². The second-order valence-electron chi connectivity index (χ2n) is 7.34. The van der Waals surface area contributed by atoms with Crippen LogP contribution in [0.25, 0.3) is 0 Å². The van der Waals surface area contributed by atoms with E-state index in [1.165, 1.54) is 51.4 Å². The van der Waals surface area contributed by atoms with Gasteiger partial charge in [0.05, 0.1) is 0 Å². The van der Waals surface area contributed by atoms with E-state index in [0.29, 0.717) is 0 Å². The Hall–Kier alpha value is -0.220. The number of hydrogen-bond acceptors (Lipinski definition) is 2. The number of thiocarbonyl (C=S) groups is 2. The number of piperazine rings is 1. The molecule has 2 unspecified atom stereocenters. The summed E-state index contributed by atoms with van der Waals surface area (Å²) in [5.41, 5.74) is 0. The average Bonchev–Trinajstić information content (AvgIpc) is 2.60. The number of rotatable bonds is 12. The van der Waals surface area contributed by atoms with Crippen molar-refractivity contribution in [3.8, 4) is 0 Å². The van der Waals surface area contributed by atoms with E-state index < -0.39 is 0 Å². The van der Waals surface area contributed by atoms with Crippen LogP contribution >= 0.6 is 24.4 Å². The van der Waals surface area contributed by atoms with E-state index >= 15 is 0 Å². The van der Waals surface area contributed by atoms with E-state index in [1.54, 1.807) is 0 Å². The monoisotopic (exact) mass is 370 g/mol. The molecule has 1 rings (SSSR count). The second kappa shape index (κ2) is 12.2. The summed E-state index contributed by atoms with van der Waals surface area (Å²) in [5.74, 6) is 1.51. The highest BCUT2D eigenvalue weighted by atomic mass is 32.1. The van der Waals surface area contributed by atoms with Gasteiger partial charge in [-0.2, -0.15) is 0 Å². The van der Waals surface area contributed by atoms with Crippen LogP contribution in [0.4, 0.5) is 0 Å². The minimum atomic E-state index is 0.755. The van der Waals surface area contributed by atoms with Crippen molar-refractivity contribution in [3.63, 3.8) is 0 Å². The molecule has 0 amide bonds. The Morgan fingerprint density at radius 2 is 1.12 bits per heavy atom. The summed E-state index contributed by atoms with van der Waals surface area (Å²) >= 11 is 11.5. The normalized spacial score (nSPS) is 18.2. The molecule has 140 valence electrons. The van der Waals surface area contributed by atoms with E-state index in [0.717, 1.165) is 48.0 Å². The van der Waals surface area contributed by atoms with E-state index in [-0.39, 0.29) is 0 Å². The molecule has 0 bridgehead atoms. The third-order valence-electron chi connectivity index (χ3n) is 5.44. The Kier molecular flexibility index (Phi) is 11.1. The Labute approximate surface area is 161 Å². The SMILES string of the molecule is CCCCC(CC)CN1CCN(CC(CC)CCCC)C(=S)C1=S. The first kappa shape index (κ1) is 21.8. The summed E-state index contributed by atoms with van der Waals surface area (Å²) in [5, 5.41) is 0. The van der Waals surface area contributed by atoms with Crippen molar-refractivity contribution in [2.24, 2.45) is 11.8 Å². The van der Waals surface area contributed by atoms with Gasteiger partial charge in [-0.15, -0.1) is 0 Å². The summed E-state index contributed by atoms with van der Waals surface area (Å²) in [6, 6.07) is 0. The summed E-state index contributed by atoms with van der Waals surface area (Å²) < 4.78 is 0. The topological polar surface area (TPSA) is 6.48 Å². The molecule has 1 heterocycles. The summed E-state index contributed by atoms with van der Waals surface area (Å²) in [6.45, 7) is 13.4. The first-order chi connectivity index (χ1) is 11.6. The van der Waals surface area contributed by atoms with Gasteiger partial charge in [0.15, 0.2) is 0 Å². The molecule has 2 nitrogen and oxygen atoms in total. The van der Waals surface area contributed by atoms with Crippen LogP contribution < -0.4 is 0 Å². The largest absolute Gasteiger partial charge is 0.358 e. The number of hydrogen-bond donors (Lipinski definition) is 0. The highest BCUT2D eigenvalue weighted by molar-refractivity contribution is 7.89. The summed E-state index contributed by atoms with van der Waals surface area (Å²) in [4.78, 5) is 6.61. The molecule has 1 fully saturated rings. The maximum absolute atomic E-state index is 5.73. The smallest absolute Gasteiger partial charge is 0.136 e. The molecule has 2 atom stereocenters. The van der Waals surface area contributed by atoms with E-state index in [4.69, 9.17) is 24.4 Å². The lowest BCUT2D eigenvalue weighted by atomic mass is 9.97. The lowest BCUT2D eigenvalue weighted by Gasteiger charge is -2.40. The second-order valence-corrected chi connectivity index (χ2v) is 8.11. The van der Waals surface area contributed by atoms with Crippen LogP contribution in [-0.4, -0.2) is 46.0 Å². The van der Waals surface area contributed by atoms with Gasteiger partial charge in [-0.05, 0) is 24.7 Å². The molecule has 24 heavy (non-hydrogen) atoms. The van der Waals surface area contributed by atoms with Gasteiger partial charge in [0, 0.05) is 26.2 Å². The Bertz CT molecular complexity index is 348. The van der Waals surface area contributed by atoms with Crippen molar-refractivity contribution in [2.75, 3.05) is 26.2 Å². The minimum absolute atomic E-state index is 0.755. The zero-order chi connectivity index (χ0) is 17.9. The van der Waals surface area contributed by atoms with Crippen LogP contribution in [0.5, 0.6) is 0 Å². The van der Waals surface area contributed by atoms with Gasteiger partial charge in [-0.1, -0.05) is 90.7 Å². The number of unbranched alkanes of at least 4 members (excludes halogenated alkanes) is 2. The van der Waals surface area contributed by atoms with Crippen LogP contribution in [-0.2, 0) is 0 Å². The molecule has 0 saturated carbocycles. The van der Waals surface area contributed by atoms with E-state index in [1.807, 2.05) is 0 Å². The lowest BCUT2D eigenvalue weighted by molar-refractivity contribution is 0.251. The molecular weight excluding hydrogens is 332 g/mol. The maximum atomic E-state index is 5.73. The zero-order valence-corrected chi connectivity index (χ0v) is 18.0. The van der Waals surface area contributed by atoms with Gasteiger partial charge in [0.2, 0.25) is 0 Å². The van der Waals surface area contributed by atoms with Gasteiger partial charge in [0.25, 0.3) is 0 Å². The molecular formula is C20H38N2S2. The number of nitrogens with zero attached hydrogens (tertiary/aromatic N) is 2. The molecule has 0 aliphatic carbocycles. The first-order valence-corrected chi connectivity index (χ1v) is 11.0. The molecule has 0 N–H and O–H groups in total. The van der Waals surface area contributed by atoms with Gasteiger partial charge in [-0.25, -0.2) is 0 Å². The highest BCUT2D eigenvalue weighted by Gasteiger charge is 2.28. The molecule has 0 aromatic heterocycles. The van der Waals surface area contributed by atoms with Crippen LogP contribution in [0.1, 0.15) is 79.1 Å². The van der Waals surface area contributed by atoms with Crippen molar-refractivity contribution in [2.45, 2.75) is 79.1 Å². The van der Waals surface area contributed by atoms with Crippen LogP contribution in [0, 0.1) is 11.8 Å². The minimum Gasteiger partial charge on any atom is -0.358 e. The van der Waals surface area contributed by atoms with Crippen LogP contribution in [0.3, 0.4) is 0 Å². The van der Waals surface area contributed by atoms with Gasteiger partial charge >= 0.3 is 0 Å². The third-order valence-corrected chi connectivity index (χ3v) is 6.47. The van der Waals surface area contributed by atoms with Gasteiger partial charge in [-0.3, -0.25) is 0 Å². The molecule has 1 saturated heterocycles. The van der Waals surface area contributed by atoms with Crippen molar-refractivity contribution in [1.82, 2.24) is 9.80 Å². The fourth-order valence-electron chi connectivity index (χ4n) is 3.52. The quantitative estimate of drug-likeness (QED) is 0.407. The fraction of sp³-hybridized carbons (Fsp3) is 0.900. The Morgan fingerprint density at radius 3 is 1.42 bits per heavy atom. The molecule has 4 heteroatoms. The molecule has 1 aliphatic rings. The fourth-order valence-corrected chi connectivity index (χ4v) is 4.11. The molecule has 1 aliphatic heterocycles. The predicted molar refractivity (Wildman–Crippen MR) is 115 cm³/mol. The lowest BCUT2D eigenvalue weighted by Crippen LogP contribution is -2.54. The molecule has 0 spiro atoms. The van der Waals surface area contributed by atoms with E-state index in [2.05, 4.69) is 37.5 Å². The van der Waals surface area contributed by atoms with Crippen molar-refractivity contribution < 1.29 is 0 Å². The average molecular weight is 371 g/mol. The van der Waals surface area contributed by atoms with Crippen LogP contribution in [0.15, 0.2) is 0 Å². The molecule has 0 aromatic carbocycles.